The van der Waals surface area contributed by atoms with E-state index in [-0.39, 0.29) is 11.8 Å². The first kappa shape index (κ1) is 21.5. The van der Waals surface area contributed by atoms with Gasteiger partial charge in [0.15, 0.2) is 0 Å². The van der Waals surface area contributed by atoms with Crippen LogP contribution < -0.4 is 5.32 Å². The van der Waals surface area contributed by atoms with Gasteiger partial charge in [-0.1, -0.05) is 43.2 Å². The zero-order chi connectivity index (χ0) is 21.7. The summed E-state index contributed by atoms with van der Waals surface area (Å²) >= 11 is 0. The van der Waals surface area contributed by atoms with E-state index in [2.05, 4.69) is 34.6 Å². The molecular weight excluding hydrogens is 386 g/mol. The molecule has 2 aromatic rings. The minimum atomic E-state index is -0.544. The number of amides is 2. The van der Waals surface area contributed by atoms with Gasteiger partial charge in [-0.15, -0.1) is 0 Å². The van der Waals surface area contributed by atoms with Gasteiger partial charge in [0.05, 0.1) is 5.41 Å². The van der Waals surface area contributed by atoms with E-state index in [1.54, 1.807) is 6.20 Å². The molecule has 1 aromatic heterocycles. The van der Waals surface area contributed by atoms with Crippen LogP contribution in [0.15, 0.2) is 48.8 Å². The summed E-state index contributed by atoms with van der Waals surface area (Å²) in [5, 5.41) is 3.03. The number of hydrogen-bond donors (Lipinski definition) is 1. The summed E-state index contributed by atoms with van der Waals surface area (Å²) in [4.78, 5) is 32.2. The van der Waals surface area contributed by atoms with Crippen LogP contribution in [0.2, 0.25) is 0 Å². The van der Waals surface area contributed by atoms with Gasteiger partial charge < -0.3 is 10.2 Å². The van der Waals surface area contributed by atoms with Crippen LogP contribution in [0.3, 0.4) is 0 Å². The molecule has 1 N–H and O–H groups in total. The second-order valence-electron chi connectivity index (χ2n) is 9.18. The van der Waals surface area contributed by atoms with Crippen LogP contribution in [-0.4, -0.2) is 41.3 Å². The predicted molar refractivity (Wildman–Crippen MR) is 122 cm³/mol. The van der Waals surface area contributed by atoms with Gasteiger partial charge in [-0.05, 0) is 61.3 Å². The number of benzene rings is 1. The van der Waals surface area contributed by atoms with Crippen LogP contribution in [0, 0.1) is 11.3 Å². The van der Waals surface area contributed by atoms with Crippen LogP contribution in [-0.2, 0) is 16.0 Å². The van der Waals surface area contributed by atoms with Crippen LogP contribution in [0.5, 0.6) is 0 Å². The summed E-state index contributed by atoms with van der Waals surface area (Å²) in [5.74, 6) is 0.833. The average Bonchev–Trinajstić information content (AvgIpc) is 3.46. The topological polar surface area (TPSA) is 62.3 Å². The molecule has 0 unspecified atom stereocenters. The number of carbonyl (C=O) groups excluding carboxylic acids is 2. The third-order valence-electron chi connectivity index (χ3n) is 6.95. The number of likely N-dealkylation sites (tertiary alicyclic amines) is 1. The fourth-order valence-electron chi connectivity index (χ4n) is 5.17. The molecular formula is C26H33N3O2. The van der Waals surface area contributed by atoms with Gasteiger partial charge in [0.25, 0.3) is 0 Å². The third-order valence-corrected chi connectivity index (χ3v) is 6.95. The molecule has 1 aliphatic carbocycles. The third kappa shape index (κ3) is 4.97. The average molecular weight is 420 g/mol. The number of nitrogens with one attached hydrogen (secondary N) is 1. The highest BCUT2D eigenvalue weighted by Gasteiger charge is 2.45. The molecule has 5 heteroatoms. The number of rotatable bonds is 7. The highest BCUT2D eigenvalue weighted by atomic mass is 16.2. The number of nitrogens with zero attached hydrogens (tertiary/aromatic N) is 2. The van der Waals surface area contributed by atoms with Gasteiger partial charge in [-0.3, -0.25) is 14.6 Å². The summed E-state index contributed by atoms with van der Waals surface area (Å²) in [6.45, 7) is 3.76. The monoisotopic (exact) mass is 419 g/mol. The lowest BCUT2D eigenvalue weighted by Crippen LogP contribution is -2.45. The predicted octanol–water partition coefficient (Wildman–Crippen LogP) is 4.23. The Labute approximate surface area is 185 Å². The van der Waals surface area contributed by atoms with Crippen molar-refractivity contribution in [1.82, 2.24) is 15.2 Å². The Balaban J connectivity index is 1.47. The molecule has 2 amide bonds. The van der Waals surface area contributed by atoms with Crippen LogP contribution in [0.1, 0.15) is 51.0 Å². The van der Waals surface area contributed by atoms with E-state index in [0.717, 1.165) is 23.1 Å². The standard InChI is InChI=1S/C26H33N3O2/c1-2-28-25(31)26(13-15-29(19-26)24(30)16-20-6-3-4-7-20)17-21-9-11-22(12-10-21)23-8-5-14-27-18-23/h5,8-12,14,18,20H,2-4,6-7,13,15-17,19H2,1H3,(H,28,31)/t26-/m1/s1. The Hall–Kier alpha value is -2.69. The molecule has 1 saturated carbocycles. The number of hydrogen-bond acceptors (Lipinski definition) is 3. The van der Waals surface area contributed by atoms with E-state index in [4.69, 9.17) is 0 Å². The van der Waals surface area contributed by atoms with E-state index in [1.165, 1.54) is 25.7 Å². The minimum Gasteiger partial charge on any atom is -0.356 e. The zero-order valence-electron chi connectivity index (χ0n) is 18.5. The molecule has 2 heterocycles. The molecule has 31 heavy (non-hydrogen) atoms. The summed E-state index contributed by atoms with van der Waals surface area (Å²) in [5.41, 5.74) is 2.78. The molecule has 1 aromatic carbocycles. The highest BCUT2D eigenvalue weighted by molar-refractivity contribution is 5.85. The maximum absolute atomic E-state index is 13.1. The molecule has 0 spiro atoms. The van der Waals surface area contributed by atoms with Gasteiger partial charge in [0, 0.05) is 38.4 Å². The van der Waals surface area contributed by atoms with E-state index >= 15 is 0 Å². The van der Waals surface area contributed by atoms with Gasteiger partial charge >= 0.3 is 0 Å². The number of carbonyl (C=O) groups is 2. The fraction of sp³-hybridized carbons (Fsp3) is 0.500. The molecule has 2 fully saturated rings. The largest absolute Gasteiger partial charge is 0.356 e. The Morgan fingerprint density at radius 2 is 1.90 bits per heavy atom. The molecule has 2 aliphatic rings. The van der Waals surface area contributed by atoms with Crippen molar-refractivity contribution < 1.29 is 9.59 Å². The first-order valence-electron chi connectivity index (χ1n) is 11.6. The van der Waals surface area contributed by atoms with Crippen LogP contribution in [0.25, 0.3) is 11.1 Å². The lowest BCUT2D eigenvalue weighted by molar-refractivity contribution is -0.133. The summed E-state index contributed by atoms with van der Waals surface area (Å²) in [7, 11) is 0. The summed E-state index contributed by atoms with van der Waals surface area (Å²) in [6.07, 6.45) is 10.5. The van der Waals surface area contributed by atoms with Gasteiger partial charge in [-0.25, -0.2) is 0 Å². The molecule has 0 bridgehead atoms. The van der Waals surface area contributed by atoms with E-state index in [0.29, 0.717) is 38.4 Å². The molecule has 164 valence electrons. The van der Waals surface area contributed by atoms with Gasteiger partial charge in [0.2, 0.25) is 11.8 Å². The van der Waals surface area contributed by atoms with Gasteiger partial charge in [-0.2, -0.15) is 0 Å². The molecule has 1 aliphatic heterocycles. The lowest BCUT2D eigenvalue weighted by Gasteiger charge is -2.28. The van der Waals surface area contributed by atoms with Crippen molar-refractivity contribution in [2.75, 3.05) is 19.6 Å². The molecule has 5 nitrogen and oxygen atoms in total. The SMILES string of the molecule is CCNC(=O)[C@@]1(Cc2ccc(-c3cccnc3)cc2)CCN(C(=O)CC2CCCC2)C1. The van der Waals surface area contributed by atoms with Gasteiger partial charge in [0.1, 0.15) is 0 Å². The minimum absolute atomic E-state index is 0.0718. The lowest BCUT2D eigenvalue weighted by atomic mass is 9.79. The van der Waals surface area contributed by atoms with Crippen LogP contribution >= 0.6 is 0 Å². The van der Waals surface area contributed by atoms with Crippen molar-refractivity contribution in [1.29, 1.82) is 0 Å². The molecule has 1 atom stereocenters. The zero-order valence-corrected chi connectivity index (χ0v) is 18.5. The van der Waals surface area contributed by atoms with Crippen molar-refractivity contribution >= 4 is 11.8 Å². The maximum Gasteiger partial charge on any atom is 0.228 e. The Kier molecular flexibility index (Phi) is 6.69. The second-order valence-corrected chi connectivity index (χ2v) is 9.18. The number of pyridine rings is 1. The Morgan fingerprint density at radius 1 is 1.13 bits per heavy atom. The van der Waals surface area contributed by atoms with E-state index < -0.39 is 5.41 Å². The van der Waals surface area contributed by atoms with Crippen molar-refractivity contribution in [2.45, 2.75) is 51.9 Å². The van der Waals surface area contributed by atoms with Crippen molar-refractivity contribution in [3.63, 3.8) is 0 Å². The van der Waals surface area contributed by atoms with Crippen LogP contribution in [0.4, 0.5) is 0 Å². The highest BCUT2D eigenvalue weighted by Crippen LogP contribution is 2.37. The van der Waals surface area contributed by atoms with Crippen molar-refractivity contribution in [2.24, 2.45) is 11.3 Å². The van der Waals surface area contributed by atoms with E-state index in [1.807, 2.05) is 30.2 Å². The normalized spacial score (nSPS) is 21.4. The molecule has 1 saturated heterocycles. The smallest absolute Gasteiger partial charge is 0.228 e. The maximum atomic E-state index is 13.1. The van der Waals surface area contributed by atoms with Crippen molar-refractivity contribution in [3.05, 3.63) is 54.4 Å². The Morgan fingerprint density at radius 3 is 2.58 bits per heavy atom. The quantitative estimate of drug-likeness (QED) is 0.731. The Bertz CT molecular complexity index is 891. The summed E-state index contributed by atoms with van der Waals surface area (Å²) in [6, 6.07) is 12.4. The molecule has 4 rings (SSSR count). The van der Waals surface area contributed by atoms with Crippen molar-refractivity contribution in [3.8, 4) is 11.1 Å². The fourth-order valence-corrected chi connectivity index (χ4v) is 5.17. The first-order valence-corrected chi connectivity index (χ1v) is 11.6. The van der Waals surface area contributed by atoms with E-state index in [9.17, 15) is 9.59 Å². The molecule has 0 radical (unpaired) electrons. The first-order chi connectivity index (χ1) is 15.1. The number of aromatic nitrogens is 1. The second kappa shape index (κ2) is 9.63. The summed E-state index contributed by atoms with van der Waals surface area (Å²) < 4.78 is 0.